The number of methoxy groups -OCH3 is 1. The summed E-state index contributed by atoms with van der Waals surface area (Å²) in [7, 11) is 1.35. The summed E-state index contributed by atoms with van der Waals surface area (Å²) in [5.41, 5.74) is 0.317. The van der Waals surface area contributed by atoms with Gasteiger partial charge in [0.1, 0.15) is 0 Å². The Balaban J connectivity index is 2.47. The Kier molecular flexibility index (Phi) is 4.22. The highest BCUT2D eigenvalue weighted by atomic mass is 79.9. The average molecular weight is 344 g/mol. The number of ketones is 1. The van der Waals surface area contributed by atoms with Gasteiger partial charge in [-0.05, 0) is 46.3 Å². The van der Waals surface area contributed by atoms with Crippen LogP contribution in [0.1, 0.15) is 15.9 Å². The van der Waals surface area contributed by atoms with Gasteiger partial charge in [0.05, 0.1) is 17.7 Å². The number of carbonyl (C=O) groups excluding carboxylic acids is 1. The summed E-state index contributed by atoms with van der Waals surface area (Å²) in [5, 5.41) is 0.489. The molecule has 2 nitrogen and oxygen atoms in total. The Morgan fingerprint density at radius 2 is 2.05 bits per heavy atom. The molecule has 0 saturated heterocycles. The Hall–Kier alpha value is -1.39. The summed E-state index contributed by atoms with van der Waals surface area (Å²) >= 11 is 9.09. The lowest BCUT2D eigenvalue weighted by Gasteiger charge is -2.07. The molecule has 2 aromatic rings. The molecule has 5 heteroatoms. The van der Waals surface area contributed by atoms with Crippen LogP contribution in [0.15, 0.2) is 40.9 Å². The molecular formula is C14H9BrClFO2. The third kappa shape index (κ3) is 2.80. The van der Waals surface area contributed by atoms with E-state index in [2.05, 4.69) is 15.9 Å². The third-order valence-corrected chi connectivity index (χ3v) is 3.82. The Morgan fingerprint density at radius 3 is 2.68 bits per heavy atom. The van der Waals surface area contributed by atoms with Crippen molar-refractivity contribution in [3.63, 3.8) is 0 Å². The Morgan fingerprint density at radius 1 is 1.32 bits per heavy atom. The largest absolute Gasteiger partial charge is 0.494 e. The molecule has 0 atom stereocenters. The maximum atomic E-state index is 14.0. The zero-order chi connectivity index (χ0) is 14.0. The predicted molar refractivity (Wildman–Crippen MR) is 75.5 cm³/mol. The molecule has 0 aliphatic heterocycles. The lowest BCUT2D eigenvalue weighted by Crippen LogP contribution is -2.05. The molecule has 0 heterocycles. The lowest BCUT2D eigenvalue weighted by atomic mass is 10.0. The van der Waals surface area contributed by atoms with Crippen LogP contribution in [0.5, 0.6) is 5.75 Å². The molecule has 19 heavy (non-hydrogen) atoms. The standard InChI is InChI=1S/C14H9BrClFO2/c1-19-12-4-2-3-9(13(12)17)14(18)8-5-6-11(16)10(15)7-8/h2-7H,1H3. The van der Waals surface area contributed by atoms with Crippen LogP contribution in [0, 0.1) is 5.82 Å². The minimum Gasteiger partial charge on any atom is -0.494 e. The van der Waals surface area contributed by atoms with Gasteiger partial charge in [0, 0.05) is 10.0 Å². The first kappa shape index (κ1) is 14.0. The average Bonchev–Trinajstić information content (AvgIpc) is 2.41. The number of carbonyl (C=O) groups is 1. The number of benzene rings is 2. The van der Waals surface area contributed by atoms with Gasteiger partial charge in [0.25, 0.3) is 0 Å². The van der Waals surface area contributed by atoms with E-state index in [-0.39, 0.29) is 11.3 Å². The van der Waals surface area contributed by atoms with Gasteiger partial charge in [-0.15, -0.1) is 0 Å². The van der Waals surface area contributed by atoms with Gasteiger partial charge >= 0.3 is 0 Å². The highest BCUT2D eigenvalue weighted by Crippen LogP contribution is 2.26. The van der Waals surface area contributed by atoms with Crippen molar-refractivity contribution in [2.24, 2.45) is 0 Å². The first-order valence-corrected chi connectivity index (χ1v) is 6.54. The number of hydrogen-bond acceptors (Lipinski definition) is 2. The fraction of sp³-hybridized carbons (Fsp3) is 0.0714. The van der Waals surface area contributed by atoms with Crippen LogP contribution < -0.4 is 4.74 Å². The predicted octanol–water partition coefficient (Wildman–Crippen LogP) is 4.48. The number of rotatable bonds is 3. The molecule has 2 aromatic carbocycles. The highest BCUT2D eigenvalue weighted by Gasteiger charge is 2.17. The molecule has 0 aliphatic carbocycles. The molecule has 0 spiro atoms. The minimum absolute atomic E-state index is 0.0337. The third-order valence-electron chi connectivity index (χ3n) is 2.61. The first-order chi connectivity index (χ1) is 9.04. The minimum atomic E-state index is -0.666. The van der Waals surface area contributed by atoms with E-state index in [0.29, 0.717) is 15.1 Å². The Labute approximate surface area is 123 Å². The van der Waals surface area contributed by atoms with E-state index in [1.807, 2.05) is 0 Å². The van der Waals surface area contributed by atoms with E-state index in [9.17, 15) is 9.18 Å². The van der Waals surface area contributed by atoms with Gasteiger partial charge in [-0.1, -0.05) is 17.7 Å². The maximum absolute atomic E-state index is 14.0. The van der Waals surface area contributed by atoms with Crippen LogP contribution in [-0.2, 0) is 0 Å². The molecule has 0 aromatic heterocycles. The van der Waals surface area contributed by atoms with E-state index in [1.54, 1.807) is 24.3 Å². The Bertz CT molecular complexity index is 643. The van der Waals surface area contributed by atoms with Crippen molar-refractivity contribution in [2.75, 3.05) is 7.11 Å². The topological polar surface area (TPSA) is 26.3 Å². The molecule has 0 fully saturated rings. The molecule has 0 saturated carbocycles. The molecule has 0 radical (unpaired) electrons. The second-order valence-electron chi connectivity index (χ2n) is 3.78. The van der Waals surface area contributed by atoms with E-state index in [0.717, 1.165) is 0 Å². The fourth-order valence-electron chi connectivity index (χ4n) is 1.64. The second kappa shape index (κ2) is 5.72. The van der Waals surface area contributed by atoms with Gasteiger partial charge in [-0.2, -0.15) is 0 Å². The number of hydrogen-bond donors (Lipinski definition) is 0. The van der Waals surface area contributed by atoms with Crippen LogP contribution in [0.25, 0.3) is 0 Å². The highest BCUT2D eigenvalue weighted by molar-refractivity contribution is 9.10. The van der Waals surface area contributed by atoms with Gasteiger partial charge in [0.15, 0.2) is 17.3 Å². The van der Waals surface area contributed by atoms with E-state index in [4.69, 9.17) is 16.3 Å². The van der Waals surface area contributed by atoms with E-state index < -0.39 is 11.6 Å². The van der Waals surface area contributed by atoms with Crippen molar-refractivity contribution in [3.8, 4) is 5.75 Å². The first-order valence-electron chi connectivity index (χ1n) is 5.37. The second-order valence-corrected chi connectivity index (χ2v) is 5.04. The van der Waals surface area contributed by atoms with Crippen molar-refractivity contribution < 1.29 is 13.9 Å². The number of ether oxygens (including phenoxy) is 1. The van der Waals surface area contributed by atoms with Crippen molar-refractivity contribution >= 4 is 33.3 Å². The summed E-state index contributed by atoms with van der Waals surface area (Å²) in [6, 6.07) is 9.14. The molecule has 0 unspecified atom stereocenters. The van der Waals surface area contributed by atoms with Gasteiger partial charge < -0.3 is 4.74 Å². The van der Waals surface area contributed by atoms with Gasteiger partial charge in [0.2, 0.25) is 0 Å². The van der Waals surface area contributed by atoms with Gasteiger partial charge in [-0.25, -0.2) is 4.39 Å². The van der Waals surface area contributed by atoms with Crippen LogP contribution in [0.2, 0.25) is 5.02 Å². The van der Waals surface area contributed by atoms with Crippen LogP contribution in [-0.4, -0.2) is 12.9 Å². The molecule has 0 aliphatic rings. The monoisotopic (exact) mass is 342 g/mol. The zero-order valence-corrected chi connectivity index (χ0v) is 12.3. The van der Waals surface area contributed by atoms with Crippen LogP contribution in [0.3, 0.4) is 0 Å². The summed E-state index contributed by atoms with van der Waals surface area (Å²) in [4.78, 5) is 12.2. The normalized spacial score (nSPS) is 10.3. The summed E-state index contributed by atoms with van der Waals surface area (Å²) in [6.07, 6.45) is 0. The molecule has 0 amide bonds. The van der Waals surface area contributed by atoms with Crippen LogP contribution in [0.4, 0.5) is 4.39 Å². The molecular weight excluding hydrogens is 335 g/mol. The summed E-state index contributed by atoms with van der Waals surface area (Å²) in [6.45, 7) is 0. The lowest BCUT2D eigenvalue weighted by molar-refractivity contribution is 0.103. The summed E-state index contributed by atoms with van der Waals surface area (Å²) < 4.78 is 19.4. The van der Waals surface area contributed by atoms with Crippen molar-refractivity contribution in [1.82, 2.24) is 0 Å². The van der Waals surface area contributed by atoms with E-state index in [1.165, 1.54) is 19.2 Å². The van der Waals surface area contributed by atoms with Gasteiger partial charge in [-0.3, -0.25) is 4.79 Å². The molecule has 0 bridgehead atoms. The van der Waals surface area contributed by atoms with E-state index >= 15 is 0 Å². The summed E-state index contributed by atoms with van der Waals surface area (Å²) in [5.74, 6) is -1.05. The molecule has 2 rings (SSSR count). The molecule has 98 valence electrons. The maximum Gasteiger partial charge on any atom is 0.196 e. The zero-order valence-electron chi connectivity index (χ0n) is 9.91. The number of halogens is 3. The quantitative estimate of drug-likeness (QED) is 0.768. The van der Waals surface area contributed by atoms with Crippen molar-refractivity contribution in [3.05, 3.63) is 62.8 Å². The van der Waals surface area contributed by atoms with Crippen molar-refractivity contribution in [1.29, 1.82) is 0 Å². The fourth-order valence-corrected chi connectivity index (χ4v) is 2.13. The smallest absolute Gasteiger partial charge is 0.196 e. The van der Waals surface area contributed by atoms with Crippen molar-refractivity contribution in [2.45, 2.75) is 0 Å². The SMILES string of the molecule is COc1cccc(C(=O)c2ccc(Cl)c(Br)c2)c1F. The molecule has 0 N–H and O–H groups in total. The van der Waals surface area contributed by atoms with Crippen LogP contribution >= 0.6 is 27.5 Å².